The molecule has 3 aliphatic rings. The second-order valence-corrected chi connectivity index (χ2v) is 5.00. The maximum absolute atomic E-state index is 10.7. The van der Waals surface area contributed by atoms with Gasteiger partial charge in [0.25, 0.3) is 0 Å². The lowest BCUT2D eigenvalue weighted by molar-refractivity contribution is -0.0517. The van der Waals surface area contributed by atoms with Crippen LogP contribution >= 0.6 is 0 Å². The van der Waals surface area contributed by atoms with Crippen LogP contribution in [0.15, 0.2) is 17.8 Å². The fourth-order valence-corrected chi connectivity index (χ4v) is 3.65. The van der Waals surface area contributed by atoms with Crippen LogP contribution in [0.2, 0.25) is 0 Å². The molecule has 0 bridgehead atoms. The van der Waals surface area contributed by atoms with Crippen molar-refractivity contribution in [3.05, 3.63) is 12.7 Å². The molecular formula is C12H17NO2. The van der Waals surface area contributed by atoms with Crippen molar-refractivity contribution in [1.82, 2.24) is 0 Å². The summed E-state index contributed by atoms with van der Waals surface area (Å²) in [7, 11) is 0. The zero-order valence-electron chi connectivity index (χ0n) is 8.85. The van der Waals surface area contributed by atoms with Gasteiger partial charge < -0.3 is 9.94 Å². The zero-order chi connectivity index (χ0) is 10.5. The molecule has 4 atom stereocenters. The topological polar surface area (TPSA) is 41.8 Å². The molecule has 1 heterocycles. The van der Waals surface area contributed by atoms with Gasteiger partial charge in [-0.1, -0.05) is 11.2 Å². The van der Waals surface area contributed by atoms with Crippen molar-refractivity contribution in [3.63, 3.8) is 0 Å². The molecule has 82 valence electrons. The van der Waals surface area contributed by atoms with Crippen molar-refractivity contribution >= 4 is 5.71 Å². The third-order valence-electron chi connectivity index (χ3n) is 4.49. The molecule has 0 spiro atoms. The van der Waals surface area contributed by atoms with E-state index in [1.54, 1.807) is 0 Å². The normalized spacial score (nSPS) is 47.8. The summed E-state index contributed by atoms with van der Waals surface area (Å²) in [4.78, 5) is 5.16. The van der Waals surface area contributed by atoms with Gasteiger partial charge in [0.15, 0.2) is 0 Å². The van der Waals surface area contributed by atoms with Gasteiger partial charge in [-0.3, -0.25) is 0 Å². The Labute approximate surface area is 89.8 Å². The molecule has 0 amide bonds. The van der Waals surface area contributed by atoms with E-state index >= 15 is 0 Å². The first kappa shape index (κ1) is 9.40. The Morgan fingerprint density at radius 1 is 1.53 bits per heavy atom. The standard InChI is InChI=1S/C12H17NO2/c1-2-8-3-4-10-9-7-15-13-11(9)5-6-12(8,10)14/h2,8-10,14H,1,3-7H2/t8-,9+,10+,12+/m1/s1. The summed E-state index contributed by atoms with van der Waals surface area (Å²) in [6, 6.07) is 0. The summed E-state index contributed by atoms with van der Waals surface area (Å²) >= 11 is 0. The lowest BCUT2D eigenvalue weighted by atomic mass is 9.68. The third-order valence-corrected chi connectivity index (χ3v) is 4.49. The molecule has 3 heteroatoms. The number of fused-ring (bicyclic) bond motifs is 3. The molecule has 2 fully saturated rings. The maximum Gasteiger partial charge on any atom is 0.125 e. The van der Waals surface area contributed by atoms with Gasteiger partial charge in [-0.15, -0.1) is 6.58 Å². The largest absolute Gasteiger partial charge is 0.395 e. The molecule has 2 saturated carbocycles. The molecule has 0 saturated heterocycles. The molecule has 3 rings (SSSR count). The van der Waals surface area contributed by atoms with Crippen LogP contribution in [0.5, 0.6) is 0 Å². The summed E-state index contributed by atoms with van der Waals surface area (Å²) in [5.74, 6) is 0.980. The van der Waals surface area contributed by atoms with Gasteiger partial charge in [0.2, 0.25) is 0 Å². The van der Waals surface area contributed by atoms with E-state index in [-0.39, 0.29) is 5.92 Å². The zero-order valence-corrected chi connectivity index (χ0v) is 8.85. The number of oxime groups is 1. The average Bonchev–Trinajstić information content (AvgIpc) is 2.79. The van der Waals surface area contributed by atoms with Gasteiger partial charge in [-0.2, -0.15) is 0 Å². The molecule has 1 N–H and O–H groups in total. The smallest absolute Gasteiger partial charge is 0.125 e. The van der Waals surface area contributed by atoms with E-state index in [1.807, 2.05) is 6.08 Å². The second kappa shape index (κ2) is 3.08. The van der Waals surface area contributed by atoms with Crippen LogP contribution < -0.4 is 0 Å². The van der Waals surface area contributed by atoms with E-state index in [2.05, 4.69) is 11.7 Å². The number of hydrogen-bond acceptors (Lipinski definition) is 3. The Kier molecular flexibility index (Phi) is 1.93. The number of rotatable bonds is 1. The van der Waals surface area contributed by atoms with E-state index in [9.17, 15) is 5.11 Å². The van der Waals surface area contributed by atoms with E-state index in [4.69, 9.17) is 4.84 Å². The highest BCUT2D eigenvalue weighted by Gasteiger charge is 2.55. The summed E-state index contributed by atoms with van der Waals surface area (Å²) < 4.78 is 0. The van der Waals surface area contributed by atoms with Crippen LogP contribution in [0, 0.1) is 17.8 Å². The van der Waals surface area contributed by atoms with Crippen LogP contribution in [0.1, 0.15) is 25.7 Å². The van der Waals surface area contributed by atoms with E-state index in [0.717, 1.165) is 25.7 Å². The van der Waals surface area contributed by atoms with Crippen molar-refractivity contribution in [3.8, 4) is 0 Å². The quantitative estimate of drug-likeness (QED) is 0.665. The molecule has 3 nitrogen and oxygen atoms in total. The molecule has 1 aliphatic heterocycles. The van der Waals surface area contributed by atoms with E-state index < -0.39 is 5.60 Å². The number of aliphatic hydroxyl groups is 1. The van der Waals surface area contributed by atoms with Gasteiger partial charge >= 0.3 is 0 Å². The van der Waals surface area contributed by atoms with Gasteiger partial charge in [-0.05, 0) is 31.6 Å². The minimum Gasteiger partial charge on any atom is -0.395 e. The van der Waals surface area contributed by atoms with Crippen molar-refractivity contribution in [2.75, 3.05) is 6.61 Å². The summed E-state index contributed by atoms with van der Waals surface area (Å²) in [6.45, 7) is 4.52. The molecule has 0 aromatic rings. The van der Waals surface area contributed by atoms with Gasteiger partial charge in [-0.25, -0.2) is 0 Å². The van der Waals surface area contributed by atoms with E-state index in [1.165, 1.54) is 5.71 Å². The lowest BCUT2D eigenvalue weighted by Crippen LogP contribution is -2.48. The van der Waals surface area contributed by atoms with Gasteiger partial charge in [0.1, 0.15) is 6.61 Å². The molecular weight excluding hydrogens is 190 g/mol. The van der Waals surface area contributed by atoms with Gasteiger partial charge in [0.05, 0.1) is 11.3 Å². The Balaban J connectivity index is 1.93. The Morgan fingerprint density at radius 2 is 2.40 bits per heavy atom. The van der Waals surface area contributed by atoms with Crippen LogP contribution in [0.4, 0.5) is 0 Å². The highest BCUT2D eigenvalue weighted by atomic mass is 16.6. The average molecular weight is 207 g/mol. The molecule has 0 aromatic heterocycles. The fourth-order valence-electron chi connectivity index (χ4n) is 3.65. The minimum absolute atomic E-state index is 0.268. The van der Waals surface area contributed by atoms with Crippen LogP contribution in [-0.2, 0) is 4.84 Å². The molecule has 0 radical (unpaired) electrons. The van der Waals surface area contributed by atoms with Crippen LogP contribution in [0.3, 0.4) is 0 Å². The predicted octanol–water partition coefficient (Wildman–Crippen LogP) is 1.73. The lowest BCUT2D eigenvalue weighted by Gasteiger charge is -2.40. The van der Waals surface area contributed by atoms with Gasteiger partial charge in [0, 0.05) is 11.8 Å². The highest BCUT2D eigenvalue weighted by molar-refractivity contribution is 5.88. The van der Waals surface area contributed by atoms with Crippen molar-refractivity contribution < 1.29 is 9.94 Å². The monoisotopic (exact) mass is 207 g/mol. The van der Waals surface area contributed by atoms with Crippen LogP contribution in [-0.4, -0.2) is 23.0 Å². The first-order valence-corrected chi connectivity index (χ1v) is 5.79. The molecule has 2 aliphatic carbocycles. The Hall–Kier alpha value is -0.830. The second-order valence-electron chi connectivity index (χ2n) is 5.00. The fraction of sp³-hybridized carbons (Fsp3) is 0.750. The first-order chi connectivity index (χ1) is 7.25. The molecule has 15 heavy (non-hydrogen) atoms. The minimum atomic E-state index is -0.529. The number of hydrogen-bond donors (Lipinski definition) is 1. The van der Waals surface area contributed by atoms with Crippen molar-refractivity contribution in [2.24, 2.45) is 22.9 Å². The predicted molar refractivity (Wildman–Crippen MR) is 57.5 cm³/mol. The van der Waals surface area contributed by atoms with Crippen molar-refractivity contribution in [2.45, 2.75) is 31.3 Å². The van der Waals surface area contributed by atoms with Crippen LogP contribution in [0.25, 0.3) is 0 Å². The summed E-state index contributed by atoms with van der Waals surface area (Å²) in [6.07, 6.45) is 5.79. The highest BCUT2D eigenvalue weighted by Crippen LogP contribution is 2.52. The third kappa shape index (κ3) is 1.13. The Bertz CT molecular complexity index is 326. The molecule has 0 unspecified atom stereocenters. The SMILES string of the molecule is C=C[C@@H]1CC[C@H]2[C@@H]3CON=C3CC[C@]12O. The summed E-state index contributed by atoms with van der Waals surface area (Å²) in [5.41, 5.74) is 0.647. The first-order valence-electron chi connectivity index (χ1n) is 5.79. The maximum atomic E-state index is 10.7. The van der Waals surface area contributed by atoms with E-state index in [0.29, 0.717) is 18.4 Å². The van der Waals surface area contributed by atoms with Crippen molar-refractivity contribution in [1.29, 1.82) is 0 Å². The number of nitrogens with zero attached hydrogens (tertiary/aromatic N) is 1. The molecule has 0 aromatic carbocycles. The Morgan fingerprint density at radius 3 is 3.20 bits per heavy atom. The summed E-state index contributed by atoms with van der Waals surface area (Å²) in [5, 5.41) is 14.8.